The molecular formula is C15H25NO3. The molecule has 1 amide bonds. The van der Waals surface area contributed by atoms with Gasteiger partial charge < -0.3 is 10.4 Å². The van der Waals surface area contributed by atoms with E-state index in [2.05, 4.69) is 5.32 Å². The van der Waals surface area contributed by atoms with Crippen LogP contribution in [0, 0.1) is 5.41 Å². The second kappa shape index (κ2) is 6.40. The first kappa shape index (κ1) is 14.4. The van der Waals surface area contributed by atoms with Crippen LogP contribution in [0.1, 0.15) is 70.6 Å². The first-order valence-corrected chi connectivity index (χ1v) is 7.65. The molecular weight excluding hydrogens is 242 g/mol. The molecule has 2 saturated carbocycles. The SMILES string of the molecule is O=C(CC1(C(=O)O)CCC1)NC1CCCCCCC1. The molecule has 19 heavy (non-hydrogen) atoms. The number of carbonyl (C=O) groups is 2. The number of hydrogen-bond donors (Lipinski definition) is 2. The lowest BCUT2D eigenvalue weighted by Gasteiger charge is -2.37. The molecule has 0 aromatic heterocycles. The van der Waals surface area contributed by atoms with E-state index in [0.717, 1.165) is 19.3 Å². The Bertz CT molecular complexity index is 328. The van der Waals surface area contributed by atoms with Crippen LogP contribution in [0.25, 0.3) is 0 Å². The van der Waals surface area contributed by atoms with Crippen LogP contribution in [0.2, 0.25) is 0 Å². The van der Waals surface area contributed by atoms with Crippen molar-refractivity contribution in [1.29, 1.82) is 0 Å². The number of carboxylic acid groups (broad SMARTS) is 1. The Hall–Kier alpha value is -1.06. The largest absolute Gasteiger partial charge is 0.481 e. The van der Waals surface area contributed by atoms with E-state index < -0.39 is 11.4 Å². The molecule has 0 saturated heterocycles. The van der Waals surface area contributed by atoms with Crippen molar-refractivity contribution < 1.29 is 14.7 Å². The maximum atomic E-state index is 12.0. The molecule has 2 fully saturated rings. The molecule has 4 nitrogen and oxygen atoms in total. The highest BCUT2D eigenvalue weighted by atomic mass is 16.4. The molecule has 4 heteroatoms. The maximum absolute atomic E-state index is 12.0. The van der Waals surface area contributed by atoms with Crippen LogP contribution in [0.3, 0.4) is 0 Å². The van der Waals surface area contributed by atoms with Crippen LogP contribution in [-0.4, -0.2) is 23.0 Å². The summed E-state index contributed by atoms with van der Waals surface area (Å²) in [5.74, 6) is -0.862. The van der Waals surface area contributed by atoms with Crippen molar-refractivity contribution >= 4 is 11.9 Å². The summed E-state index contributed by atoms with van der Waals surface area (Å²) in [7, 11) is 0. The molecule has 0 heterocycles. The van der Waals surface area contributed by atoms with E-state index in [1.807, 2.05) is 0 Å². The molecule has 2 N–H and O–H groups in total. The lowest BCUT2D eigenvalue weighted by atomic mass is 9.66. The Kier molecular flexibility index (Phi) is 4.83. The second-order valence-electron chi connectivity index (χ2n) is 6.23. The fraction of sp³-hybridized carbons (Fsp3) is 0.867. The third-order valence-electron chi connectivity index (χ3n) is 4.73. The van der Waals surface area contributed by atoms with Gasteiger partial charge in [-0.15, -0.1) is 0 Å². The number of nitrogens with one attached hydrogen (secondary N) is 1. The molecule has 0 atom stereocenters. The summed E-state index contributed by atoms with van der Waals surface area (Å²) in [4.78, 5) is 23.3. The van der Waals surface area contributed by atoms with Gasteiger partial charge in [0.25, 0.3) is 0 Å². The predicted octanol–water partition coefficient (Wildman–Crippen LogP) is 2.86. The molecule has 2 aliphatic rings. The van der Waals surface area contributed by atoms with Crippen molar-refractivity contribution in [3.05, 3.63) is 0 Å². The standard InChI is InChI=1S/C15H25NO3/c17-13(11-15(14(18)19)9-6-10-15)16-12-7-4-2-1-3-5-8-12/h12H,1-11H2,(H,16,17)(H,18,19). The van der Waals surface area contributed by atoms with Gasteiger partial charge in [0.15, 0.2) is 0 Å². The van der Waals surface area contributed by atoms with Crippen LogP contribution in [-0.2, 0) is 9.59 Å². The quantitative estimate of drug-likeness (QED) is 0.823. The summed E-state index contributed by atoms with van der Waals surface area (Å²) in [5.41, 5.74) is -0.758. The van der Waals surface area contributed by atoms with Gasteiger partial charge in [-0.05, 0) is 25.7 Å². The number of carboxylic acids is 1. The van der Waals surface area contributed by atoms with E-state index in [-0.39, 0.29) is 18.4 Å². The highest BCUT2D eigenvalue weighted by Gasteiger charge is 2.46. The lowest BCUT2D eigenvalue weighted by Crippen LogP contribution is -2.44. The number of aliphatic carboxylic acids is 1. The van der Waals surface area contributed by atoms with Gasteiger partial charge in [-0.1, -0.05) is 38.5 Å². The van der Waals surface area contributed by atoms with Crippen LogP contribution in [0.5, 0.6) is 0 Å². The first-order valence-electron chi connectivity index (χ1n) is 7.65. The molecule has 2 rings (SSSR count). The average molecular weight is 267 g/mol. The summed E-state index contributed by atoms with van der Waals surface area (Å²) < 4.78 is 0. The maximum Gasteiger partial charge on any atom is 0.310 e. The zero-order valence-electron chi connectivity index (χ0n) is 11.6. The number of carbonyl (C=O) groups excluding carboxylic acids is 1. The monoisotopic (exact) mass is 267 g/mol. The summed E-state index contributed by atoms with van der Waals surface area (Å²) in [6, 6.07) is 0.263. The Morgan fingerprint density at radius 2 is 1.58 bits per heavy atom. The zero-order chi connectivity index (χ0) is 13.7. The van der Waals surface area contributed by atoms with Gasteiger partial charge in [0, 0.05) is 12.5 Å². The molecule has 108 valence electrons. The summed E-state index contributed by atoms with van der Waals surface area (Å²) in [6.07, 6.45) is 10.7. The minimum atomic E-state index is -0.799. The van der Waals surface area contributed by atoms with E-state index >= 15 is 0 Å². The fourth-order valence-corrected chi connectivity index (χ4v) is 3.26. The first-order chi connectivity index (χ1) is 9.12. The normalized spacial score (nSPS) is 23.8. The van der Waals surface area contributed by atoms with Gasteiger partial charge in [-0.2, -0.15) is 0 Å². The van der Waals surface area contributed by atoms with Crippen molar-refractivity contribution in [2.45, 2.75) is 76.7 Å². The third kappa shape index (κ3) is 3.71. The molecule has 0 aliphatic heterocycles. The van der Waals surface area contributed by atoms with E-state index in [0.29, 0.717) is 12.8 Å². The van der Waals surface area contributed by atoms with Crippen LogP contribution in [0.15, 0.2) is 0 Å². The number of hydrogen-bond acceptors (Lipinski definition) is 2. The van der Waals surface area contributed by atoms with E-state index in [1.165, 1.54) is 32.1 Å². The Morgan fingerprint density at radius 3 is 2.05 bits per heavy atom. The molecule has 0 unspecified atom stereocenters. The highest BCUT2D eigenvalue weighted by molar-refractivity contribution is 5.85. The van der Waals surface area contributed by atoms with Gasteiger partial charge in [-0.25, -0.2) is 0 Å². The minimum absolute atomic E-state index is 0.0623. The molecule has 0 radical (unpaired) electrons. The van der Waals surface area contributed by atoms with Crippen molar-refractivity contribution in [3.63, 3.8) is 0 Å². The second-order valence-corrected chi connectivity index (χ2v) is 6.23. The summed E-state index contributed by atoms with van der Waals surface area (Å²) in [5, 5.41) is 12.3. The summed E-state index contributed by atoms with van der Waals surface area (Å²) in [6.45, 7) is 0. The molecule has 0 bridgehead atoms. The van der Waals surface area contributed by atoms with Crippen LogP contribution < -0.4 is 5.32 Å². The average Bonchev–Trinajstić information content (AvgIpc) is 2.26. The van der Waals surface area contributed by atoms with E-state index in [1.54, 1.807) is 0 Å². The van der Waals surface area contributed by atoms with E-state index in [9.17, 15) is 14.7 Å². The van der Waals surface area contributed by atoms with Gasteiger partial charge in [-0.3, -0.25) is 9.59 Å². The highest BCUT2D eigenvalue weighted by Crippen LogP contribution is 2.44. The zero-order valence-corrected chi connectivity index (χ0v) is 11.6. The number of rotatable bonds is 4. The Balaban J connectivity index is 1.81. The van der Waals surface area contributed by atoms with Crippen molar-refractivity contribution in [2.75, 3.05) is 0 Å². The van der Waals surface area contributed by atoms with Gasteiger partial charge in [0.2, 0.25) is 5.91 Å². The molecule has 0 aromatic carbocycles. The minimum Gasteiger partial charge on any atom is -0.481 e. The van der Waals surface area contributed by atoms with E-state index in [4.69, 9.17) is 0 Å². The fourth-order valence-electron chi connectivity index (χ4n) is 3.26. The van der Waals surface area contributed by atoms with Crippen molar-refractivity contribution in [3.8, 4) is 0 Å². The Morgan fingerprint density at radius 1 is 1.00 bits per heavy atom. The van der Waals surface area contributed by atoms with Gasteiger partial charge >= 0.3 is 5.97 Å². The Labute approximate surface area is 115 Å². The van der Waals surface area contributed by atoms with Gasteiger partial charge in [0.05, 0.1) is 5.41 Å². The molecule has 0 spiro atoms. The van der Waals surface area contributed by atoms with Crippen molar-refractivity contribution in [2.24, 2.45) is 5.41 Å². The predicted molar refractivity (Wildman–Crippen MR) is 72.8 cm³/mol. The smallest absolute Gasteiger partial charge is 0.310 e. The summed E-state index contributed by atoms with van der Waals surface area (Å²) >= 11 is 0. The van der Waals surface area contributed by atoms with Crippen LogP contribution >= 0.6 is 0 Å². The van der Waals surface area contributed by atoms with Crippen molar-refractivity contribution in [1.82, 2.24) is 5.32 Å². The topological polar surface area (TPSA) is 66.4 Å². The molecule has 2 aliphatic carbocycles. The van der Waals surface area contributed by atoms with Gasteiger partial charge in [0.1, 0.15) is 0 Å². The third-order valence-corrected chi connectivity index (χ3v) is 4.73. The lowest BCUT2D eigenvalue weighted by molar-refractivity contribution is -0.157. The molecule has 0 aromatic rings. The van der Waals surface area contributed by atoms with Crippen LogP contribution in [0.4, 0.5) is 0 Å². The number of amides is 1.